The quantitative estimate of drug-likeness (QED) is 0.830. The van der Waals surface area contributed by atoms with Crippen LogP contribution in [-0.2, 0) is 0 Å². The molecule has 0 amide bonds. The largest absolute Gasteiger partial charge is 0.393 e. The van der Waals surface area contributed by atoms with Gasteiger partial charge in [-0.2, -0.15) is 13.2 Å². The summed E-state index contributed by atoms with van der Waals surface area (Å²) >= 11 is 0. The number of hydrogen-bond acceptors (Lipinski definition) is 2. The molecule has 1 saturated heterocycles. The standard InChI is InChI=1S/C16H29F3N2/c1-2-20-15(13-7-4-3-5-8-13)12-21-10-6-9-14(11-21)16(17,18)19/h13-15,20H,2-12H2,1H3. The Balaban J connectivity index is 1.89. The molecule has 0 aromatic carbocycles. The molecule has 2 atom stereocenters. The lowest BCUT2D eigenvalue weighted by molar-refractivity contribution is -0.187. The highest BCUT2D eigenvalue weighted by Gasteiger charge is 2.42. The van der Waals surface area contributed by atoms with Crippen molar-refractivity contribution >= 4 is 0 Å². The van der Waals surface area contributed by atoms with Gasteiger partial charge in [-0.1, -0.05) is 26.2 Å². The maximum atomic E-state index is 12.9. The van der Waals surface area contributed by atoms with Gasteiger partial charge in [0, 0.05) is 19.1 Å². The van der Waals surface area contributed by atoms with E-state index in [-0.39, 0.29) is 6.54 Å². The Morgan fingerprint density at radius 2 is 1.81 bits per heavy atom. The van der Waals surface area contributed by atoms with Crippen LogP contribution in [0.4, 0.5) is 13.2 Å². The summed E-state index contributed by atoms with van der Waals surface area (Å²) in [6.45, 7) is 4.78. The van der Waals surface area contributed by atoms with Crippen LogP contribution in [0.25, 0.3) is 0 Å². The third kappa shape index (κ3) is 5.13. The number of rotatable bonds is 5. The van der Waals surface area contributed by atoms with Crippen molar-refractivity contribution in [2.24, 2.45) is 11.8 Å². The van der Waals surface area contributed by atoms with Crippen LogP contribution >= 0.6 is 0 Å². The minimum absolute atomic E-state index is 0.193. The number of piperidine rings is 1. The highest BCUT2D eigenvalue weighted by Crippen LogP contribution is 2.34. The molecule has 1 aliphatic carbocycles. The van der Waals surface area contributed by atoms with Gasteiger partial charge in [-0.05, 0) is 44.7 Å². The molecule has 1 N–H and O–H groups in total. The summed E-state index contributed by atoms with van der Waals surface area (Å²) in [6, 6.07) is 0.363. The first-order valence-corrected chi connectivity index (χ1v) is 8.53. The zero-order chi connectivity index (χ0) is 15.3. The monoisotopic (exact) mass is 306 g/mol. The number of halogens is 3. The van der Waals surface area contributed by atoms with E-state index in [1.807, 2.05) is 4.90 Å². The Morgan fingerprint density at radius 3 is 2.43 bits per heavy atom. The van der Waals surface area contributed by atoms with E-state index < -0.39 is 12.1 Å². The van der Waals surface area contributed by atoms with Crippen molar-refractivity contribution in [1.82, 2.24) is 10.2 Å². The van der Waals surface area contributed by atoms with Gasteiger partial charge in [0.2, 0.25) is 0 Å². The normalized spacial score (nSPS) is 27.7. The summed E-state index contributed by atoms with van der Waals surface area (Å²) in [6.07, 6.45) is 3.27. The fourth-order valence-corrected chi connectivity index (χ4v) is 3.95. The van der Waals surface area contributed by atoms with Crippen molar-refractivity contribution in [2.75, 3.05) is 26.2 Å². The van der Waals surface area contributed by atoms with E-state index >= 15 is 0 Å². The zero-order valence-corrected chi connectivity index (χ0v) is 13.1. The second-order valence-corrected chi connectivity index (χ2v) is 6.70. The lowest BCUT2D eigenvalue weighted by Gasteiger charge is -2.39. The van der Waals surface area contributed by atoms with Crippen LogP contribution in [0.5, 0.6) is 0 Å². The van der Waals surface area contributed by atoms with E-state index in [0.29, 0.717) is 24.8 Å². The minimum Gasteiger partial charge on any atom is -0.313 e. The van der Waals surface area contributed by atoms with E-state index in [1.165, 1.54) is 32.1 Å². The molecule has 1 heterocycles. The first-order chi connectivity index (χ1) is 10.0. The lowest BCUT2D eigenvalue weighted by Crippen LogP contribution is -2.50. The van der Waals surface area contributed by atoms with E-state index in [2.05, 4.69) is 12.2 Å². The average Bonchev–Trinajstić information content (AvgIpc) is 2.47. The van der Waals surface area contributed by atoms with E-state index in [0.717, 1.165) is 19.6 Å². The average molecular weight is 306 g/mol. The molecule has 21 heavy (non-hydrogen) atoms. The van der Waals surface area contributed by atoms with Gasteiger partial charge < -0.3 is 10.2 Å². The Bertz CT molecular complexity index is 300. The molecular weight excluding hydrogens is 277 g/mol. The van der Waals surface area contributed by atoms with Gasteiger partial charge in [0.05, 0.1) is 5.92 Å². The van der Waals surface area contributed by atoms with Crippen LogP contribution in [-0.4, -0.2) is 43.3 Å². The summed E-state index contributed by atoms with van der Waals surface area (Å²) in [5.41, 5.74) is 0. The van der Waals surface area contributed by atoms with Gasteiger partial charge in [-0.15, -0.1) is 0 Å². The molecule has 0 aromatic heterocycles. The maximum absolute atomic E-state index is 12.9. The van der Waals surface area contributed by atoms with Gasteiger partial charge in [-0.3, -0.25) is 0 Å². The number of hydrogen-bond donors (Lipinski definition) is 1. The SMILES string of the molecule is CCNC(CN1CCCC(C(F)(F)F)C1)C1CCCCC1. The van der Waals surface area contributed by atoms with E-state index in [1.54, 1.807) is 0 Å². The van der Waals surface area contributed by atoms with Gasteiger partial charge in [0.15, 0.2) is 0 Å². The van der Waals surface area contributed by atoms with Crippen molar-refractivity contribution in [3.05, 3.63) is 0 Å². The molecule has 0 aromatic rings. The third-order valence-corrected chi connectivity index (χ3v) is 5.11. The number of alkyl halides is 3. The molecule has 2 nitrogen and oxygen atoms in total. The molecule has 0 bridgehead atoms. The Kier molecular flexibility index (Phi) is 6.35. The highest BCUT2D eigenvalue weighted by molar-refractivity contribution is 4.85. The molecule has 1 aliphatic heterocycles. The van der Waals surface area contributed by atoms with E-state index in [4.69, 9.17) is 0 Å². The first kappa shape index (κ1) is 17.1. The molecule has 5 heteroatoms. The Morgan fingerprint density at radius 1 is 1.10 bits per heavy atom. The maximum Gasteiger partial charge on any atom is 0.393 e. The van der Waals surface area contributed by atoms with Crippen molar-refractivity contribution in [2.45, 2.75) is 64.1 Å². The van der Waals surface area contributed by atoms with Crippen LogP contribution in [0, 0.1) is 11.8 Å². The summed E-state index contributed by atoms with van der Waals surface area (Å²) in [4.78, 5) is 2.05. The fraction of sp³-hybridized carbons (Fsp3) is 1.00. The number of nitrogens with one attached hydrogen (secondary N) is 1. The number of likely N-dealkylation sites (tertiary alicyclic amines) is 1. The van der Waals surface area contributed by atoms with Crippen molar-refractivity contribution in [3.8, 4) is 0 Å². The summed E-state index contributed by atoms with van der Waals surface area (Å²) in [7, 11) is 0. The van der Waals surface area contributed by atoms with Crippen molar-refractivity contribution in [1.29, 1.82) is 0 Å². The van der Waals surface area contributed by atoms with Crippen LogP contribution in [0.3, 0.4) is 0 Å². The van der Waals surface area contributed by atoms with Crippen LogP contribution in [0.1, 0.15) is 51.9 Å². The van der Waals surface area contributed by atoms with E-state index in [9.17, 15) is 13.2 Å². The molecule has 2 rings (SSSR count). The van der Waals surface area contributed by atoms with Crippen LogP contribution < -0.4 is 5.32 Å². The predicted molar refractivity (Wildman–Crippen MR) is 79.3 cm³/mol. The number of likely N-dealkylation sites (N-methyl/N-ethyl adjacent to an activating group) is 1. The van der Waals surface area contributed by atoms with Crippen LogP contribution in [0.2, 0.25) is 0 Å². The van der Waals surface area contributed by atoms with Crippen molar-refractivity contribution in [3.63, 3.8) is 0 Å². The predicted octanol–water partition coefficient (Wildman–Crippen LogP) is 3.82. The van der Waals surface area contributed by atoms with Gasteiger partial charge in [0.1, 0.15) is 0 Å². The molecule has 1 saturated carbocycles. The lowest BCUT2D eigenvalue weighted by atomic mass is 9.83. The zero-order valence-electron chi connectivity index (χ0n) is 13.1. The molecule has 0 radical (unpaired) electrons. The molecule has 124 valence electrons. The summed E-state index contributed by atoms with van der Waals surface area (Å²) in [5.74, 6) is -0.482. The Hall–Kier alpha value is -0.290. The first-order valence-electron chi connectivity index (χ1n) is 8.53. The second kappa shape index (κ2) is 7.82. The molecule has 0 spiro atoms. The summed E-state index contributed by atoms with van der Waals surface area (Å²) in [5, 5.41) is 3.53. The fourth-order valence-electron chi connectivity index (χ4n) is 3.95. The molecule has 2 fully saturated rings. The molecule has 2 aliphatic rings. The van der Waals surface area contributed by atoms with Gasteiger partial charge in [-0.25, -0.2) is 0 Å². The third-order valence-electron chi connectivity index (χ3n) is 5.11. The number of nitrogens with zero attached hydrogens (tertiary/aromatic N) is 1. The highest BCUT2D eigenvalue weighted by atomic mass is 19.4. The minimum atomic E-state index is -4.03. The molecular formula is C16H29F3N2. The Labute approximate surface area is 126 Å². The van der Waals surface area contributed by atoms with Crippen molar-refractivity contribution < 1.29 is 13.2 Å². The van der Waals surface area contributed by atoms with Gasteiger partial charge in [0.25, 0.3) is 0 Å². The second-order valence-electron chi connectivity index (χ2n) is 6.70. The summed E-state index contributed by atoms with van der Waals surface area (Å²) < 4.78 is 38.7. The smallest absolute Gasteiger partial charge is 0.313 e. The molecule has 2 unspecified atom stereocenters. The van der Waals surface area contributed by atoms with Crippen LogP contribution in [0.15, 0.2) is 0 Å². The topological polar surface area (TPSA) is 15.3 Å². The van der Waals surface area contributed by atoms with Gasteiger partial charge >= 0.3 is 6.18 Å².